The first-order valence-corrected chi connectivity index (χ1v) is 14.6. The smallest absolute Gasteiger partial charge is 0.381 e. The number of hydrogen-bond donors (Lipinski definition) is 4. The maximum absolute atomic E-state index is 13.9. The molecule has 0 aromatic rings. The van der Waals surface area contributed by atoms with Crippen molar-refractivity contribution in [1.29, 1.82) is 0 Å². The number of carbonyl (C=O) groups is 5. The van der Waals surface area contributed by atoms with E-state index in [2.05, 4.69) is 10.6 Å². The highest BCUT2D eigenvalue weighted by atomic mass is 19.4. The van der Waals surface area contributed by atoms with Gasteiger partial charge in [-0.1, -0.05) is 34.6 Å². The molecule has 0 bridgehead atoms. The number of carbonyl (C=O) groups excluding carboxylic acids is 5. The highest BCUT2D eigenvalue weighted by Crippen LogP contribution is 2.65. The van der Waals surface area contributed by atoms with E-state index in [9.17, 15) is 42.3 Å². The molecule has 4 aliphatic rings. The largest absolute Gasteiger partial charge is 0.471 e. The first-order valence-electron chi connectivity index (χ1n) is 14.6. The SMILES string of the molecule is CC1(C)C2CN(C(=O)[C@@H](NC(=O)C(F)(F)F)C(C)(C)C)C(C(=O)N[C@@H](C[C@@H]3CCCNC3=O)C(O)C(=O)N3CCC3)C21. The van der Waals surface area contributed by atoms with Crippen LogP contribution >= 0.6 is 0 Å². The Hall–Kier alpha value is -2.90. The van der Waals surface area contributed by atoms with Crippen molar-refractivity contribution < 1.29 is 42.3 Å². The van der Waals surface area contributed by atoms with Crippen molar-refractivity contribution in [3.05, 3.63) is 0 Å². The van der Waals surface area contributed by atoms with Crippen molar-refractivity contribution in [2.75, 3.05) is 26.2 Å². The molecule has 0 aromatic heterocycles. The van der Waals surface area contributed by atoms with Gasteiger partial charge in [-0.3, -0.25) is 24.0 Å². The van der Waals surface area contributed by atoms with E-state index in [0.29, 0.717) is 32.5 Å². The summed E-state index contributed by atoms with van der Waals surface area (Å²) in [7, 11) is 0. The van der Waals surface area contributed by atoms with Crippen molar-refractivity contribution in [1.82, 2.24) is 25.8 Å². The van der Waals surface area contributed by atoms with E-state index < -0.39 is 65.4 Å². The van der Waals surface area contributed by atoms with Crippen LogP contribution in [-0.2, 0) is 24.0 Å². The van der Waals surface area contributed by atoms with Crippen molar-refractivity contribution >= 4 is 29.5 Å². The summed E-state index contributed by atoms with van der Waals surface area (Å²) < 4.78 is 39.4. The second kappa shape index (κ2) is 11.3. The normalized spacial score (nSPS) is 28.9. The average molecular weight is 602 g/mol. The molecule has 3 aliphatic heterocycles. The molecule has 5 amide bonds. The van der Waals surface area contributed by atoms with Crippen LogP contribution in [0.15, 0.2) is 0 Å². The quantitative estimate of drug-likeness (QED) is 0.320. The molecule has 4 unspecified atom stereocenters. The van der Waals surface area contributed by atoms with Crippen molar-refractivity contribution in [3.8, 4) is 0 Å². The van der Waals surface area contributed by atoms with E-state index in [0.717, 1.165) is 6.42 Å². The molecule has 4 rings (SSSR count). The number of rotatable bonds is 8. The highest BCUT2D eigenvalue weighted by Gasteiger charge is 2.70. The van der Waals surface area contributed by atoms with Crippen LogP contribution in [0.1, 0.15) is 60.3 Å². The summed E-state index contributed by atoms with van der Waals surface area (Å²) in [5.41, 5.74) is -1.45. The van der Waals surface area contributed by atoms with Crippen LogP contribution in [0.3, 0.4) is 0 Å². The number of hydrogen-bond acceptors (Lipinski definition) is 6. The van der Waals surface area contributed by atoms with E-state index in [-0.39, 0.29) is 36.1 Å². The van der Waals surface area contributed by atoms with Gasteiger partial charge >= 0.3 is 12.1 Å². The number of halogens is 3. The molecule has 0 aromatic carbocycles. The Morgan fingerprint density at radius 1 is 1.07 bits per heavy atom. The number of piperidine rings is 2. The third-order valence-corrected chi connectivity index (χ3v) is 9.47. The molecule has 42 heavy (non-hydrogen) atoms. The first kappa shape index (κ1) is 32.0. The van der Waals surface area contributed by atoms with Crippen molar-refractivity contribution in [2.24, 2.45) is 28.6 Å². The van der Waals surface area contributed by atoms with Gasteiger partial charge in [0.25, 0.3) is 5.91 Å². The molecular formula is C28H42F3N5O6. The minimum absolute atomic E-state index is 0.00271. The lowest BCUT2D eigenvalue weighted by Crippen LogP contribution is -2.62. The molecule has 236 valence electrons. The molecule has 7 atom stereocenters. The summed E-state index contributed by atoms with van der Waals surface area (Å²) in [4.78, 5) is 67.7. The molecule has 0 radical (unpaired) electrons. The predicted octanol–water partition coefficient (Wildman–Crippen LogP) is 0.557. The number of nitrogens with one attached hydrogen (secondary N) is 3. The Morgan fingerprint density at radius 2 is 1.71 bits per heavy atom. The Bertz CT molecular complexity index is 1120. The molecule has 14 heteroatoms. The third kappa shape index (κ3) is 6.23. The number of nitrogens with zero attached hydrogens (tertiary/aromatic N) is 2. The zero-order valence-electron chi connectivity index (χ0n) is 24.7. The lowest BCUT2D eigenvalue weighted by Gasteiger charge is -2.39. The number of aliphatic hydroxyl groups excluding tert-OH is 1. The van der Waals surface area contributed by atoms with Crippen LogP contribution in [0.4, 0.5) is 13.2 Å². The first-order chi connectivity index (χ1) is 19.4. The van der Waals surface area contributed by atoms with Gasteiger partial charge in [0.15, 0.2) is 6.10 Å². The highest BCUT2D eigenvalue weighted by molar-refractivity contribution is 5.95. The maximum atomic E-state index is 13.9. The Balaban J connectivity index is 1.59. The van der Waals surface area contributed by atoms with E-state index in [1.54, 1.807) is 0 Å². The summed E-state index contributed by atoms with van der Waals surface area (Å²) in [5, 5.41) is 18.4. The van der Waals surface area contributed by atoms with Gasteiger partial charge in [-0.2, -0.15) is 13.2 Å². The Kier molecular flexibility index (Phi) is 8.62. The van der Waals surface area contributed by atoms with Gasteiger partial charge in [-0.25, -0.2) is 0 Å². The van der Waals surface area contributed by atoms with Crippen LogP contribution in [0.2, 0.25) is 0 Å². The van der Waals surface area contributed by atoms with E-state index in [1.165, 1.54) is 30.6 Å². The van der Waals surface area contributed by atoms with E-state index in [1.807, 2.05) is 19.2 Å². The van der Waals surface area contributed by atoms with Crippen LogP contribution < -0.4 is 16.0 Å². The Labute approximate surface area is 243 Å². The van der Waals surface area contributed by atoms with Gasteiger partial charge in [-0.05, 0) is 48.3 Å². The van der Waals surface area contributed by atoms with Crippen LogP contribution in [-0.4, -0.2) is 101 Å². The summed E-state index contributed by atoms with van der Waals surface area (Å²) in [6.45, 7) is 9.99. The molecule has 0 spiro atoms. The molecule has 1 aliphatic carbocycles. The lowest BCUT2D eigenvalue weighted by atomic mass is 9.85. The fraction of sp³-hybridized carbons (Fsp3) is 0.821. The van der Waals surface area contributed by atoms with Gasteiger partial charge in [0.05, 0.1) is 6.04 Å². The maximum Gasteiger partial charge on any atom is 0.471 e. The molecule has 3 heterocycles. The fourth-order valence-corrected chi connectivity index (χ4v) is 6.64. The number of aliphatic hydroxyl groups is 1. The second-order valence-electron chi connectivity index (χ2n) is 13.8. The summed E-state index contributed by atoms with van der Waals surface area (Å²) in [5.74, 6) is -5.49. The van der Waals surface area contributed by atoms with Crippen molar-refractivity contribution in [3.63, 3.8) is 0 Å². The minimum atomic E-state index is -5.20. The second-order valence-corrected chi connectivity index (χ2v) is 13.8. The van der Waals surface area contributed by atoms with E-state index >= 15 is 0 Å². The van der Waals surface area contributed by atoms with Crippen LogP contribution in [0.5, 0.6) is 0 Å². The number of alkyl halides is 3. The van der Waals surface area contributed by atoms with Gasteiger partial charge in [-0.15, -0.1) is 0 Å². The van der Waals surface area contributed by atoms with E-state index in [4.69, 9.17) is 0 Å². The molecule has 1 saturated carbocycles. The Morgan fingerprint density at radius 3 is 2.24 bits per heavy atom. The topological polar surface area (TPSA) is 148 Å². The minimum Gasteiger partial charge on any atom is -0.381 e. The number of likely N-dealkylation sites (tertiary alicyclic amines) is 2. The van der Waals surface area contributed by atoms with Gasteiger partial charge in [0, 0.05) is 32.1 Å². The van der Waals surface area contributed by atoms with Crippen LogP contribution in [0, 0.1) is 28.6 Å². The monoisotopic (exact) mass is 601 g/mol. The fourth-order valence-electron chi connectivity index (χ4n) is 6.64. The lowest BCUT2D eigenvalue weighted by molar-refractivity contribution is -0.176. The summed E-state index contributed by atoms with van der Waals surface area (Å²) in [6, 6.07) is -3.79. The molecule has 4 fully saturated rings. The van der Waals surface area contributed by atoms with Gasteiger partial charge in [0.1, 0.15) is 12.1 Å². The van der Waals surface area contributed by atoms with Gasteiger partial charge < -0.3 is 30.9 Å². The number of amides is 5. The molecule has 4 N–H and O–H groups in total. The number of fused-ring (bicyclic) bond motifs is 1. The molecular weight excluding hydrogens is 559 g/mol. The summed E-state index contributed by atoms with van der Waals surface area (Å²) >= 11 is 0. The summed E-state index contributed by atoms with van der Waals surface area (Å²) in [6.07, 6.45) is -4.81. The van der Waals surface area contributed by atoms with Crippen LogP contribution in [0.25, 0.3) is 0 Å². The van der Waals surface area contributed by atoms with Crippen molar-refractivity contribution in [2.45, 2.75) is 90.7 Å². The molecule has 11 nitrogen and oxygen atoms in total. The van der Waals surface area contributed by atoms with Gasteiger partial charge in [0.2, 0.25) is 17.7 Å². The molecule has 3 saturated heterocycles. The predicted molar refractivity (Wildman–Crippen MR) is 143 cm³/mol. The zero-order valence-corrected chi connectivity index (χ0v) is 24.7. The zero-order chi connectivity index (χ0) is 31.4. The third-order valence-electron chi connectivity index (χ3n) is 9.47. The standard InChI is InChI=1S/C28H42F3N5O6/c1-26(2,3)20(34-25(42)28(29,30)31)24(41)36-13-15-17(27(15,4)5)18(36)22(39)33-16(12-14-8-6-9-32-21(14)38)19(37)23(40)35-10-7-11-35/h14-20,37H,6-13H2,1-5H3,(H,32,38)(H,33,39)(H,34,42)/t14-,15?,16-,17?,18?,19?,20+/m0/s1. The average Bonchev–Trinajstić information content (AvgIpc) is 3.18.